The van der Waals surface area contributed by atoms with Gasteiger partial charge in [-0.25, -0.2) is 13.2 Å². The molecule has 2 aromatic carbocycles. The van der Waals surface area contributed by atoms with Crippen LogP contribution in [-0.4, -0.2) is 32.7 Å². The second-order valence-electron chi connectivity index (χ2n) is 5.78. The maximum atomic E-state index is 12.4. The van der Waals surface area contributed by atoms with Crippen LogP contribution in [0.3, 0.4) is 0 Å². The minimum absolute atomic E-state index is 0.0327. The Morgan fingerprint density at radius 1 is 1.11 bits per heavy atom. The molecule has 1 N–H and O–H groups in total. The normalized spacial score (nSPS) is 11.4. The van der Waals surface area contributed by atoms with Gasteiger partial charge in [-0.05, 0) is 43.3 Å². The van der Waals surface area contributed by atoms with Crippen molar-refractivity contribution < 1.29 is 27.2 Å². The quantitative estimate of drug-likeness (QED) is 0.609. The van der Waals surface area contributed by atoms with Gasteiger partial charge in [0, 0.05) is 10.4 Å². The first kappa shape index (κ1) is 19.9. The van der Waals surface area contributed by atoms with Gasteiger partial charge < -0.3 is 14.5 Å². The molecule has 0 radical (unpaired) electrons. The molecule has 3 rings (SSSR count). The van der Waals surface area contributed by atoms with E-state index in [0.29, 0.717) is 16.0 Å². The summed E-state index contributed by atoms with van der Waals surface area (Å²) in [7, 11) is -3.89. The first-order chi connectivity index (χ1) is 13.3. The highest BCUT2D eigenvalue weighted by Gasteiger charge is 2.25. The lowest BCUT2D eigenvalue weighted by molar-refractivity contribution is -0.113. The highest BCUT2D eigenvalue weighted by molar-refractivity contribution is 7.92. The third-order valence-corrected chi connectivity index (χ3v) is 5.70. The van der Waals surface area contributed by atoms with Crippen molar-refractivity contribution >= 4 is 50.0 Å². The van der Waals surface area contributed by atoms with Crippen LogP contribution in [0, 0.1) is 0 Å². The molecule has 0 fully saturated rings. The molecule has 0 unspecified atom stereocenters. The fourth-order valence-corrected chi connectivity index (χ4v) is 3.84. The number of carbonyl (C=O) groups excluding carboxylic acids is 2. The van der Waals surface area contributed by atoms with Crippen LogP contribution >= 0.6 is 11.6 Å². The van der Waals surface area contributed by atoms with Gasteiger partial charge in [0.05, 0.1) is 11.5 Å². The van der Waals surface area contributed by atoms with E-state index in [1.807, 2.05) is 0 Å². The van der Waals surface area contributed by atoms with Gasteiger partial charge in [0.2, 0.25) is 11.7 Å². The highest BCUT2D eigenvalue weighted by atomic mass is 35.5. The molecule has 7 nitrogen and oxygen atoms in total. The number of furan rings is 1. The Balaban J connectivity index is 1.89. The van der Waals surface area contributed by atoms with E-state index in [9.17, 15) is 18.0 Å². The van der Waals surface area contributed by atoms with Crippen molar-refractivity contribution in [2.24, 2.45) is 0 Å². The zero-order valence-corrected chi connectivity index (χ0v) is 16.3. The zero-order valence-electron chi connectivity index (χ0n) is 14.8. The fraction of sp³-hybridized carbons (Fsp3) is 0.158. The van der Waals surface area contributed by atoms with Crippen molar-refractivity contribution in [1.82, 2.24) is 0 Å². The first-order valence-electron chi connectivity index (χ1n) is 8.28. The van der Waals surface area contributed by atoms with Crippen molar-refractivity contribution in [3.63, 3.8) is 0 Å². The van der Waals surface area contributed by atoms with Gasteiger partial charge in [0.15, 0.2) is 9.84 Å². The minimum Gasteiger partial charge on any atom is -0.460 e. The number of halogens is 1. The van der Waals surface area contributed by atoms with Gasteiger partial charge in [0.1, 0.15) is 17.0 Å². The monoisotopic (exact) mass is 421 g/mol. The first-order valence-corrected chi connectivity index (χ1v) is 10.3. The summed E-state index contributed by atoms with van der Waals surface area (Å²) in [6, 6.07) is 12.2. The van der Waals surface area contributed by atoms with Gasteiger partial charge in [-0.2, -0.15) is 0 Å². The summed E-state index contributed by atoms with van der Waals surface area (Å²) in [6.45, 7) is 1.76. The molecule has 3 aromatic rings. The van der Waals surface area contributed by atoms with Crippen LogP contribution in [0.5, 0.6) is 0 Å². The van der Waals surface area contributed by atoms with Gasteiger partial charge in [-0.3, -0.25) is 4.79 Å². The predicted molar refractivity (Wildman–Crippen MR) is 104 cm³/mol. The lowest BCUT2D eigenvalue weighted by Crippen LogP contribution is -2.24. The molecule has 0 aliphatic rings. The molecule has 0 saturated heterocycles. The summed E-state index contributed by atoms with van der Waals surface area (Å²) < 4.78 is 35.3. The number of amides is 1. The van der Waals surface area contributed by atoms with E-state index in [1.165, 1.54) is 24.3 Å². The molecule has 9 heteroatoms. The molecule has 0 aliphatic heterocycles. The number of ether oxygens (including phenoxy) is 1. The van der Waals surface area contributed by atoms with Crippen LogP contribution < -0.4 is 5.32 Å². The Hall–Kier alpha value is -2.84. The average Bonchev–Trinajstić information content (AvgIpc) is 3.00. The van der Waals surface area contributed by atoms with E-state index in [-0.39, 0.29) is 22.9 Å². The number of fused-ring (bicyclic) bond motifs is 1. The summed E-state index contributed by atoms with van der Waals surface area (Å²) >= 11 is 5.76. The molecule has 1 amide bonds. The maximum absolute atomic E-state index is 12.4. The lowest BCUT2D eigenvalue weighted by Gasteiger charge is -2.07. The molecule has 0 bridgehead atoms. The van der Waals surface area contributed by atoms with E-state index < -0.39 is 27.5 Å². The van der Waals surface area contributed by atoms with Gasteiger partial charge in [0.25, 0.3) is 0 Å². The third-order valence-electron chi connectivity index (χ3n) is 3.81. The Kier molecular flexibility index (Phi) is 5.71. The van der Waals surface area contributed by atoms with Crippen LogP contribution in [-0.2, 0) is 19.4 Å². The number of sulfone groups is 1. The topological polar surface area (TPSA) is 103 Å². The number of nitrogens with one attached hydrogen (secondary N) is 1. The van der Waals surface area contributed by atoms with E-state index in [4.69, 9.17) is 20.8 Å². The predicted octanol–water partition coefficient (Wildman–Crippen LogP) is 3.68. The van der Waals surface area contributed by atoms with E-state index in [2.05, 4.69) is 5.32 Å². The van der Waals surface area contributed by atoms with Crippen molar-refractivity contribution in [1.29, 1.82) is 0 Å². The second kappa shape index (κ2) is 8.04. The molecular weight excluding hydrogens is 406 g/mol. The van der Waals surface area contributed by atoms with Crippen molar-refractivity contribution in [3.8, 4) is 0 Å². The molecule has 146 valence electrons. The van der Waals surface area contributed by atoms with Crippen molar-refractivity contribution in [3.05, 3.63) is 59.3 Å². The molecule has 1 heterocycles. The molecule has 1 aromatic heterocycles. The molecule has 0 saturated carbocycles. The number of esters is 1. The lowest BCUT2D eigenvalue weighted by atomic mass is 10.2. The smallest absolute Gasteiger partial charge is 0.376 e. The number of hydrogen-bond acceptors (Lipinski definition) is 6. The Morgan fingerprint density at radius 2 is 1.79 bits per heavy atom. The number of benzene rings is 2. The average molecular weight is 422 g/mol. The summed E-state index contributed by atoms with van der Waals surface area (Å²) in [6.07, 6.45) is 0. The molecule has 28 heavy (non-hydrogen) atoms. The maximum Gasteiger partial charge on any atom is 0.376 e. The van der Waals surface area contributed by atoms with Crippen LogP contribution in [0.2, 0.25) is 5.02 Å². The largest absolute Gasteiger partial charge is 0.460 e. The zero-order chi connectivity index (χ0) is 20.3. The summed E-state index contributed by atoms with van der Waals surface area (Å²) in [5, 5.41) is 3.31. The van der Waals surface area contributed by atoms with Crippen LogP contribution in [0.25, 0.3) is 11.0 Å². The number of anilines is 1. The minimum atomic E-state index is -3.89. The standard InChI is InChI=1S/C19H16ClNO6S/c1-2-26-19(23)18-17(14-5-3-4-6-15(14)27-18)21-16(22)11-28(24,25)13-9-7-12(20)8-10-13/h3-10H,2,11H2,1H3,(H,21,22). The summed E-state index contributed by atoms with van der Waals surface area (Å²) in [4.78, 5) is 24.6. The molecular formula is C19H16ClNO6S. The Morgan fingerprint density at radius 3 is 2.46 bits per heavy atom. The van der Waals surface area contributed by atoms with Gasteiger partial charge in [-0.1, -0.05) is 23.7 Å². The van der Waals surface area contributed by atoms with Crippen LogP contribution in [0.1, 0.15) is 17.5 Å². The van der Waals surface area contributed by atoms with E-state index in [0.717, 1.165) is 0 Å². The van der Waals surface area contributed by atoms with Crippen LogP contribution in [0.4, 0.5) is 5.69 Å². The molecule has 0 atom stereocenters. The third kappa shape index (κ3) is 4.18. The summed E-state index contributed by atoms with van der Waals surface area (Å²) in [5.41, 5.74) is 0.437. The van der Waals surface area contributed by atoms with Crippen molar-refractivity contribution in [2.45, 2.75) is 11.8 Å². The van der Waals surface area contributed by atoms with Gasteiger partial charge >= 0.3 is 5.97 Å². The number of hydrogen-bond donors (Lipinski definition) is 1. The van der Waals surface area contributed by atoms with E-state index >= 15 is 0 Å². The molecule has 0 aliphatic carbocycles. The molecule has 0 spiro atoms. The second-order valence-corrected chi connectivity index (χ2v) is 8.21. The van der Waals surface area contributed by atoms with Crippen molar-refractivity contribution in [2.75, 3.05) is 17.7 Å². The summed E-state index contributed by atoms with van der Waals surface area (Å²) in [5.74, 6) is -2.57. The van der Waals surface area contributed by atoms with Crippen LogP contribution in [0.15, 0.2) is 57.8 Å². The Bertz CT molecular complexity index is 1130. The Labute approximate surface area is 166 Å². The highest BCUT2D eigenvalue weighted by Crippen LogP contribution is 2.31. The fourth-order valence-electron chi connectivity index (χ4n) is 2.58. The number of rotatable bonds is 6. The SMILES string of the molecule is CCOC(=O)c1oc2ccccc2c1NC(=O)CS(=O)(=O)c1ccc(Cl)cc1. The van der Waals surface area contributed by atoms with E-state index in [1.54, 1.807) is 31.2 Å². The van der Waals surface area contributed by atoms with Gasteiger partial charge in [-0.15, -0.1) is 0 Å². The number of carbonyl (C=O) groups is 2. The number of para-hydroxylation sites is 1.